The van der Waals surface area contributed by atoms with E-state index in [1.807, 2.05) is 13.3 Å². The number of rotatable bonds is 8. The largest absolute Gasteiger partial charge is 0.467 e. The smallest absolute Gasteiger partial charge is 0.188 e. The standard InChI is InChI=1S/C22H30NO2P/c1-7-22(4,26-20-11-9-8-10-18(20)14-23-5)19-13-16(2)12-17(3)21(19)25-15-24-6/h8-14,26H,7,15H2,1-6H3. The molecule has 0 bridgehead atoms. The molecule has 0 spiro atoms. The minimum absolute atomic E-state index is 0.0163. The molecule has 3 nitrogen and oxygen atoms in total. The molecule has 2 rings (SSSR count). The SMILES string of the molecule is CCC(C)(Pc1ccccc1C=NC)c1cc(C)cc(C)c1OCOC. The molecule has 2 atom stereocenters. The Labute approximate surface area is 159 Å². The van der Waals surface area contributed by atoms with Crippen LogP contribution in [0.3, 0.4) is 0 Å². The van der Waals surface area contributed by atoms with Gasteiger partial charge in [0.15, 0.2) is 6.79 Å². The van der Waals surface area contributed by atoms with Gasteiger partial charge in [-0.15, -0.1) is 0 Å². The number of ether oxygens (including phenoxy) is 2. The third-order valence-electron chi connectivity index (χ3n) is 4.68. The minimum atomic E-state index is -0.0163. The molecule has 0 radical (unpaired) electrons. The van der Waals surface area contributed by atoms with E-state index >= 15 is 0 Å². The lowest BCUT2D eigenvalue weighted by molar-refractivity contribution is 0.0495. The van der Waals surface area contributed by atoms with E-state index in [9.17, 15) is 0 Å². The van der Waals surface area contributed by atoms with Gasteiger partial charge in [0.05, 0.1) is 0 Å². The number of nitrogens with zero attached hydrogens (tertiary/aromatic N) is 1. The van der Waals surface area contributed by atoms with E-state index in [1.165, 1.54) is 22.0 Å². The molecule has 0 saturated carbocycles. The predicted octanol–water partition coefficient (Wildman–Crippen LogP) is 4.96. The zero-order valence-corrected chi connectivity index (χ0v) is 17.7. The number of benzene rings is 2. The number of aryl methyl sites for hydroxylation is 2. The first-order valence-corrected chi connectivity index (χ1v) is 9.98. The fraction of sp³-hybridized carbons (Fsp3) is 0.409. The van der Waals surface area contributed by atoms with Crippen molar-refractivity contribution in [3.05, 3.63) is 58.7 Å². The van der Waals surface area contributed by atoms with Gasteiger partial charge in [-0.3, -0.25) is 4.99 Å². The Hall–Kier alpha value is -1.70. The highest BCUT2D eigenvalue weighted by Crippen LogP contribution is 2.48. The van der Waals surface area contributed by atoms with E-state index in [0.29, 0.717) is 8.58 Å². The Morgan fingerprint density at radius 1 is 1.19 bits per heavy atom. The highest BCUT2D eigenvalue weighted by molar-refractivity contribution is 7.48. The van der Waals surface area contributed by atoms with Crippen molar-refractivity contribution in [1.29, 1.82) is 0 Å². The average molecular weight is 371 g/mol. The van der Waals surface area contributed by atoms with Crippen LogP contribution in [0.25, 0.3) is 0 Å². The Morgan fingerprint density at radius 3 is 2.58 bits per heavy atom. The normalized spacial score (nSPS) is 14.2. The van der Waals surface area contributed by atoms with Gasteiger partial charge in [0.1, 0.15) is 5.75 Å². The van der Waals surface area contributed by atoms with Gasteiger partial charge in [-0.2, -0.15) is 0 Å². The lowest BCUT2D eigenvalue weighted by Gasteiger charge is -2.32. The van der Waals surface area contributed by atoms with Crippen molar-refractivity contribution >= 4 is 20.1 Å². The second kappa shape index (κ2) is 9.30. The maximum atomic E-state index is 5.99. The fourth-order valence-corrected chi connectivity index (χ4v) is 4.74. The first-order valence-electron chi connectivity index (χ1n) is 8.98. The van der Waals surface area contributed by atoms with Gasteiger partial charge in [-0.05, 0) is 36.7 Å². The molecular weight excluding hydrogens is 341 g/mol. The van der Waals surface area contributed by atoms with Crippen molar-refractivity contribution in [2.75, 3.05) is 21.0 Å². The summed E-state index contributed by atoms with van der Waals surface area (Å²) in [7, 11) is 4.09. The van der Waals surface area contributed by atoms with E-state index in [1.54, 1.807) is 7.11 Å². The Bertz CT molecular complexity index is 773. The molecule has 2 unspecified atom stereocenters. The van der Waals surface area contributed by atoms with Gasteiger partial charge in [-0.25, -0.2) is 0 Å². The molecule has 140 valence electrons. The second-order valence-corrected chi connectivity index (χ2v) is 8.69. The van der Waals surface area contributed by atoms with Crippen molar-refractivity contribution in [3.8, 4) is 5.75 Å². The van der Waals surface area contributed by atoms with E-state index in [4.69, 9.17) is 9.47 Å². The van der Waals surface area contributed by atoms with Crippen LogP contribution in [0, 0.1) is 13.8 Å². The molecule has 0 N–H and O–H groups in total. The summed E-state index contributed by atoms with van der Waals surface area (Å²) < 4.78 is 11.2. The van der Waals surface area contributed by atoms with Gasteiger partial charge in [0.25, 0.3) is 0 Å². The fourth-order valence-electron chi connectivity index (χ4n) is 3.18. The minimum Gasteiger partial charge on any atom is -0.467 e. The van der Waals surface area contributed by atoms with Gasteiger partial charge in [0, 0.05) is 31.1 Å². The first kappa shape index (κ1) is 20.6. The monoisotopic (exact) mass is 371 g/mol. The molecule has 0 saturated heterocycles. The quantitative estimate of drug-likeness (QED) is 0.373. The summed E-state index contributed by atoms with van der Waals surface area (Å²) in [6.07, 6.45) is 2.97. The van der Waals surface area contributed by atoms with Crippen LogP contribution in [0.2, 0.25) is 0 Å². The molecule has 0 aliphatic heterocycles. The summed E-state index contributed by atoms with van der Waals surface area (Å²) in [5.41, 5.74) is 4.87. The zero-order valence-electron chi connectivity index (χ0n) is 16.7. The Morgan fingerprint density at radius 2 is 1.92 bits per heavy atom. The maximum Gasteiger partial charge on any atom is 0.188 e. The van der Waals surface area contributed by atoms with Crippen LogP contribution in [-0.4, -0.2) is 27.2 Å². The Kier molecular flexibility index (Phi) is 7.37. The summed E-state index contributed by atoms with van der Waals surface area (Å²) in [6, 6.07) is 13.0. The molecule has 0 aliphatic rings. The Balaban J connectivity index is 2.52. The molecule has 0 fully saturated rings. The number of hydrogen-bond donors (Lipinski definition) is 0. The van der Waals surface area contributed by atoms with Crippen molar-refractivity contribution < 1.29 is 9.47 Å². The molecule has 2 aromatic carbocycles. The summed E-state index contributed by atoms with van der Waals surface area (Å²) in [5, 5.41) is 1.32. The van der Waals surface area contributed by atoms with E-state index < -0.39 is 0 Å². The van der Waals surface area contributed by atoms with E-state index in [-0.39, 0.29) is 11.9 Å². The summed E-state index contributed by atoms with van der Waals surface area (Å²) in [5.74, 6) is 0.955. The van der Waals surface area contributed by atoms with Crippen LogP contribution in [-0.2, 0) is 9.89 Å². The van der Waals surface area contributed by atoms with Crippen LogP contribution in [0.15, 0.2) is 41.4 Å². The van der Waals surface area contributed by atoms with Crippen molar-refractivity contribution in [2.45, 2.75) is 39.3 Å². The van der Waals surface area contributed by atoms with Crippen LogP contribution in [0.4, 0.5) is 0 Å². The van der Waals surface area contributed by atoms with E-state index in [0.717, 1.165) is 17.7 Å². The molecule has 0 heterocycles. The summed E-state index contributed by atoms with van der Waals surface area (Å²) >= 11 is 0. The third kappa shape index (κ3) is 4.72. The topological polar surface area (TPSA) is 30.8 Å². The maximum absolute atomic E-state index is 5.99. The van der Waals surface area contributed by atoms with Gasteiger partial charge >= 0.3 is 0 Å². The first-order chi connectivity index (χ1) is 12.4. The molecule has 0 amide bonds. The zero-order chi connectivity index (χ0) is 19.2. The van der Waals surface area contributed by atoms with Crippen LogP contribution in [0.5, 0.6) is 5.75 Å². The molecule has 4 heteroatoms. The van der Waals surface area contributed by atoms with E-state index in [2.05, 4.69) is 69.1 Å². The molecule has 0 aromatic heterocycles. The lowest BCUT2D eigenvalue weighted by Crippen LogP contribution is -2.22. The predicted molar refractivity (Wildman–Crippen MR) is 114 cm³/mol. The van der Waals surface area contributed by atoms with Crippen molar-refractivity contribution in [2.24, 2.45) is 4.99 Å². The van der Waals surface area contributed by atoms with Gasteiger partial charge in [0.2, 0.25) is 0 Å². The second-order valence-electron chi connectivity index (χ2n) is 6.79. The molecule has 2 aromatic rings. The van der Waals surface area contributed by atoms with Gasteiger partial charge in [-0.1, -0.05) is 64.4 Å². The molecule has 26 heavy (non-hydrogen) atoms. The van der Waals surface area contributed by atoms with Crippen molar-refractivity contribution in [1.82, 2.24) is 0 Å². The average Bonchev–Trinajstić information content (AvgIpc) is 2.62. The van der Waals surface area contributed by atoms with Crippen LogP contribution < -0.4 is 10.0 Å². The number of hydrogen-bond acceptors (Lipinski definition) is 3. The van der Waals surface area contributed by atoms with Gasteiger partial charge < -0.3 is 9.47 Å². The van der Waals surface area contributed by atoms with Crippen LogP contribution >= 0.6 is 8.58 Å². The lowest BCUT2D eigenvalue weighted by atomic mass is 9.92. The number of methoxy groups -OCH3 is 1. The molecule has 0 aliphatic carbocycles. The van der Waals surface area contributed by atoms with Crippen LogP contribution in [0.1, 0.15) is 42.5 Å². The summed E-state index contributed by atoms with van der Waals surface area (Å²) in [6.45, 7) is 9.10. The highest BCUT2D eigenvalue weighted by Gasteiger charge is 2.30. The van der Waals surface area contributed by atoms with Crippen molar-refractivity contribution in [3.63, 3.8) is 0 Å². The number of aliphatic imine (C=N–C) groups is 1. The molecular formula is C22H30NO2P. The third-order valence-corrected chi connectivity index (χ3v) is 6.58. The highest BCUT2D eigenvalue weighted by atomic mass is 31.1. The summed E-state index contributed by atoms with van der Waals surface area (Å²) in [4.78, 5) is 4.22.